The summed E-state index contributed by atoms with van der Waals surface area (Å²) in [5.74, 6) is -0.858. The quantitative estimate of drug-likeness (QED) is 0.568. The zero-order valence-electron chi connectivity index (χ0n) is 19.8. The molecule has 0 unspecified atom stereocenters. The van der Waals surface area contributed by atoms with Crippen LogP contribution >= 0.6 is 11.3 Å². The summed E-state index contributed by atoms with van der Waals surface area (Å²) in [5.41, 5.74) is 3.32. The average molecular weight is 505 g/mol. The number of fused-ring (bicyclic) bond motifs is 1. The predicted molar refractivity (Wildman–Crippen MR) is 134 cm³/mol. The number of benzene rings is 1. The number of thiophene rings is 1. The number of aryl methyl sites for hydroxylation is 2. The fraction of sp³-hybridized carbons (Fsp3) is 0.520. The highest BCUT2D eigenvalue weighted by Crippen LogP contribution is 2.39. The van der Waals surface area contributed by atoms with Gasteiger partial charge in [-0.3, -0.25) is 4.79 Å². The van der Waals surface area contributed by atoms with Gasteiger partial charge in [-0.15, -0.1) is 11.3 Å². The lowest BCUT2D eigenvalue weighted by atomic mass is 9.95. The van der Waals surface area contributed by atoms with Gasteiger partial charge >= 0.3 is 5.97 Å². The van der Waals surface area contributed by atoms with E-state index in [2.05, 4.69) is 5.32 Å². The van der Waals surface area contributed by atoms with Gasteiger partial charge < -0.3 is 10.1 Å². The average Bonchev–Trinajstić information content (AvgIpc) is 3.17. The number of carbonyl (C=O) groups excluding carboxylic acids is 2. The van der Waals surface area contributed by atoms with E-state index in [1.165, 1.54) is 15.6 Å². The maximum atomic E-state index is 13.1. The van der Waals surface area contributed by atoms with Gasteiger partial charge in [-0.25, -0.2) is 17.5 Å². The van der Waals surface area contributed by atoms with Gasteiger partial charge in [0.15, 0.2) is 0 Å². The van der Waals surface area contributed by atoms with E-state index in [1.54, 1.807) is 6.92 Å². The largest absolute Gasteiger partial charge is 0.462 e. The minimum absolute atomic E-state index is 0.0325. The first-order valence-electron chi connectivity index (χ1n) is 11.9. The molecule has 1 aromatic heterocycles. The second-order valence-corrected chi connectivity index (χ2v) is 12.1. The Morgan fingerprint density at radius 1 is 1.18 bits per heavy atom. The third kappa shape index (κ3) is 5.53. The summed E-state index contributed by atoms with van der Waals surface area (Å²) in [5, 5.41) is 3.56. The van der Waals surface area contributed by atoms with Gasteiger partial charge in [0.25, 0.3) is 0 Å². The molecule has 1 N–H and O–H groups in total. The van der Waals surface area contributed by atoms with Crippen molar-refractivity contribution in [1.82, 2.24) is 4.31 Å². The third-order valence-electron chi connectivity index (χ3n) is 6.54. The topological polar surface area (TPSA) is 92.8 Å². The monoisotopic (exact) mass is 504 g/mol. The molecular formula is C25H32N2O5S2. The Labute approximate surface area is 205 Å². The summed E-state index contributed by atoms with van der Waals surface area (Å²) >= 11 is 1.48. The number of piperidine rings is 1. The number of ether oxygens (including phenoxy) is 1. The molecule has 1 amide bonds. The fourth-order valence-corrected chi connectivity index (χ4v) is 7.62. The number of hydrogen-bond donors (Lipinski definition) is 1. The molecule has 2 aliphatic rings. The van der Waals surface area contributed by atoms with Crippen LogP contribution in [0.25, 0.3) is 0 Å². The highest BCUT2D eigenvalue weighted by Gasteiger charge is 2.33. The molecule has 34 heavy (non-hydrogen) atoms. The first-order chi connectivity index (χ1) is 16.3. The zero-order chi connectivity index (χ0) is 24.3. The fourth-order valence-electron chi connectivity index (χ4n) is 4.79. The molecule has 4 rings (SSSR count). The smallest absolute Gasteiger partial charge is 0.341 e. The van der Waals surface area contributed by atoms with Crippen LogP contribution in [-0.4, -0.2) is 44.3 Å². The Bertz CT molecular complexity index is 1160. The van der Waals surface area contributed by atoms with Crippen LogP contribution in [0.1, 0.15) is 64.5 Å². The molecule has 1 aliphatic carbocycles. The summed E-state index contributed by atoms with van der Waals surface area (Å²) in [4.78, 5) is 26.9. The molecule has 184 valence electrons. The molecule has 2 heterocycles. The van der Waals surface area contributed by atoms with Crippen molar-refractivity contribution in [2.24, 2.45) is 5.92 Å². The molecule has 1 saturated heterocycles. The van der Waals surface area contributed by atoms with E-state index in [1.807, 2.05) is 31.2 Å². The molecule has 0 spiro atoms. The Kier molecular flexibility index (Phi) is 7.74. The van der Waals surface area contributed by atoms with Crippen molar-refractivity contribution in [2.45, 2.75) is 58.1 Å². The molecule has 2 aromatic rings. The van der Waals surface area contributed by atoms with Gasteiger partial charge in [0.1, 0.15) is 5.00 Å². The highest BCUT2D eigenvalue weighted by molar-refractivity contribution is 7.88. The third-order valence-corrected chi connectivity index (χ3v) is 9.59. The number of sulfonamides is 1. The molecule has 0 bridgehead atoms. The number of amides is 1. The Morgan fingerprint density at radius 2 is 1.91 bits per heavy atom. The minimum Gasteiger partial charge on any atom is -0.462 e. The van der Waals surface area contributed by atoms with E-state index in [0.29, 0.717) is 36.5 Å². The lowest BCUT2D eigenvalue weighted by molar-refractivity contribution is -0.120. The normalized spacial score (nSPS) is 17.2. The number of anilines is 1. The van der Waals surface area contributed by atoms with Crippen molar-refractivity contribution in [1.29, 1.82) is 0 Å². The Hall–Kier alpha value is -2.23. The molecule has 1 aliphatic heterocycles. The lowest BCUT2D eigenvalue weighted by Gasteiger charge is -2.30. The van der Waals surface area contributed by atoms with Crippen molar-refractivity contribution < 1.29 is 22.7 Å². The maximum Gasteiger partial charge on any atom is 0.341 e. The molecule has 9 heteroatoms. The molecule has 0 saturated carbocycles. The Balaban J connectivity index is 1.40. The Morgan fingerprint density at radius 3 is 2.62 bits per heavy atom. The van der Waals surface area contributed by atoms with Crippen LogP contribution in [0.4, 0.5) is 5.00 Å². The summed E-state index contributed by atoms with van der Waals surface area (Å²) in [6, 6.07) is 7.52. The molecule has 0 radical (unpaired) electrons. The second-order valence-electron chi connectivity index (χ2n) is 9.04. The summed E-state index contributed by atoms with van der Waals surface area (Å²) in [7, 11) is -3.45. The predicted octanol–water partition coefficient (Wildman–Crippen LogP) is 4.29. The summed E-state index contributed by atoms with van der Waals surface area (Å²) in [6.07, 6.45) is 4.77. The van der Waals surface area contributed by atoms with Crippen LogP contribution in [0.5, 0.6) is 0 Å². The van der Waals surface area contributed by atoms with Gasteiger partial charge in [0.05, 0.1) is 17.9 Å². The summed E-state index contributed by atoms with van der Waals surface area (Å²) in [6.45, 7) is 4.63. The SMILES string of the molecule is CCOC(=O)c1c(NC(=O)C2CCN(S(=O)(=O)Cc3cccc(C)c3)CC2)sc2c1CCCC2. The van der Waals surface area contributed by atoms with Crippen LogP contribution in [0.2, 0.25) is 0 Å². The van der Waals surface area contributed by atoms with Gasteiger partial charge in [0, 0.05) is 23.9 Å². The van der Waals surface area contributed by atoms with E-state index in [-0.39, 0.29) is 30.2 Å². The van der Waals surface area contributed by atoms with E-state index in [4.69, 9.17) is 4.74 Å². The van der Waals surface area contributed by atoms with Crippen molar-refractivity contribution in [3.05, 3.63) is 51.4 Å². The van der Waals surface area contributed by atoms with Gasteiger partial charge in [0.2, 0.25) is 15.9 Å². The molecular weight excluding hydrogens is 472 g/mol. The van der Waals surface area contributed by atoms with Crippen molar-refractivity contribution in [2.75, 3.05) is 25.0 Å². The molecule has 7 nitrogen and oxygen atoms in total. The van der Waals surface area contributed by atoms with Crippen molar-refractivity contribution in [3.63, 3.8) is 0 Å². The number of rotatable bonds is 7. The number of carbonyl (C=O) groups is 2. The lowest BCUT2D eigenvalue weighted by Crippen LogP contribution is -2.41. The van der Waals surface area contributed by atoms with Crippen LogP contribution in [0, 0.1) is 12.8 Å². The summed E-state index contributed by atoms with van der Waals surface area (Å²) < 4.78 is 32.6. The molecule has 1 fully saturated rings. The van der Waals surface area contributed by atoms with Gasteiger partial charge in [-0.2, -0.15) is 0 Å². The highest BCUT2D eigenvalue weighted by atomic mass is 32.2. The van der Waals surface area contributed by atoms with Crippen molar-refractivity contribution >= 4 is 38.2 Å². The molecule has 0 atom stereocenters. The first-order valence-corrected chi connectivity index (χ1v) is 14.4. The van der Waals surface area contributed by atoms with E-state index >= 15 is 0 Å². The standard InChI is InChI=1S/C25H32N2O5S2/c1-3-32-25(29)22-20-9-4-5-10-21(20)33-24(22)26-23(28)19-11-13-27(14-12-19)34(30,31)16-18-8-6-7-17(2)15-18/h6-8,15,19H,3-5,9-14,16H2,1-2H3,(H,26,28). The number of nitrogens with zero attached hydrogens (tertiary/aromatic N) is 1. The maximum absolute atomic E-state index is 13.1. The van der Waals surface area contributed by atoms with E-state index < -0.39 is 10.0 Å². The van der Waals surface area contributed by atoms with E-state index in [0.717, 1.165) is 47.3 Å². The van der Waals surface area contributed by atoms with Crippen molar-refractivity contribution in [3.8, 4) is 0 Å². The minimum atomic E-state index is -3.45. The second kappa shape index (κ2) is 10.6. The number of esters is 1. The van der Waals surface area contributed by atoms with Gasteiger partial charge in [-0.1, -0.05) is 29.8 Å². The van der Waals surface area contributed by atoms with Crippen LogP contribution in [-0.2, 0) is 38.1 Å². The first kappa shape index (κ1) is 24.9. The van der Waals surface area contributed by atoms with Gasteiger partial charge in [-0.05, 0) is 63.5 Å². The van der Waals surface area contributed by atoms with E-state index in [9.17, 15) is 18.0 Å². The molecule has 1 aromatic carbocycles. The number of nitrogens with one attached hydrogen (secondary N) is 1. The zero-order valence-corrected chi connectivity index (χ0v) is 21.4. The number of hydrogen-bond acceptors (Lipinski definition) is 6. The van der Waals surface area contributed by atoms with Crippen LogP contribution in [0.15, 0.2) is 24.3 Å². The van der Waals surface area contributed by atoms with Crippen LogP contribution < -0.4 is 5.32 Å². The van der Waals surface area contributed by atoms with Crippen LogP contribution in [0.3, 0.4) is 0 Å².